The summed E-state index contributed by atoms with van der Waals surface area (Å²) in [6, 6.07) is 0. The second kappa shape index (κ2) is 3.79. The predicted molar refractivity (Wildman–Crippen MR) is 56.2 cm³/mol. The summed E-state index contributed by atoms with van der Waals surface area (Å²) >= 11 is 1.54. The van der Waals surface area contributed by atoms with Gasteiger partial charge in [0.1, 0.15) is 5.78 Å². The van der Waals surface area contributed by atoms with Gasteiger partial charge >= 0.3 is 0 Å². The van der Waals surface area contributed by atoms with Crippen LogP contribution >= 0.6 is 11.3 Å². The van der Waals surface area contributed by atoms with Crippen molar-refractivity contribution < 1.29 is 4.79 Å². The van der Waals surface area contributed by atoms with Crippen LogP contribution in [0.15, 0.2) is 11.7 Å². The highest BCUT2D eigenvalue weighted by Gasteiger charge is 2.42. The first kappa shape index (κ1) is 9.80. The SMILES string of the molecule is NCC1(C(=O)Cc2cncs2)CCC1. The van der Waals surface area contributed by atoms with Crippen molar-refractivity contribution >= 4 is 17.1 Å². The number of hydrogen-bond acceptors (Lipinski definition) is 4. The molecule has 1 aromatic rings. The summed E-state index contributed by atoms with van der Waals surface area (Å²) in [4.78, 5) is 17.0. The molecule has 0 radical (unpaired) electrons. The smallest absolute Gasteiger partial charge is 0.145 e. The van der Waals surface area contributed by atoms with Gasteiger partial charge in [-0.1, -0.05) is 6.42 Å². The lowest BCUT2D eigenvalue weighted by atomic mass is 9.65. The van der Waals surface area contributed by atoms with E-state index < -0.39 is 0 Å². The lowest BCUT2D eigenvalue weighted by Gasteiger charge is -2.39. The van der Waals surface area contributed by atoms with Gasteiger partial charge in [0, 0.05) is 29.5 Å². The van der Waals surface area contributed by atoms with Crippen molar-refractivity contribution in [1.82, 2.24) is 4.98 Å². The molecule has 14 heavy (non-hydrogen) atoms. The van der Waals surface area contributed by atoms with Gasteiger partial charge in [-0.05, 0) is 12.8 Å². The Kier molecular flexibility index (Phi) is 2.65. The third-order valence-electron chi connectivity index (χ3n) is 3.11. The van der Waals surface area contributed by atoms with Crippen molar-refractivity contribution in [3.05, 3.63) is 16.6 Å². The lowest BCUT2D eigenvalue weighted by molar-refractivity contribution is -0.132. The average Bonchev–Trinajstić information content (AvgIpc) is 2.55. The summed E-state index contributed by atoms with van der Waals surface area (Å²) in [6.45, 7) is 0.505. The molecule has 0 atom stereocenters. The predicted octanol–water partition coefficient (Wildman–Crippen LogP) is 1.38. The summed E-state index contributed by atoms with van der Waals surface area (Å²) in [6.07, 6.45) is 5.38. The third kappa shape index (κ3) is 1.60. The van der Waals surface area contributed by atoms with Crippen LogP contribution in [-0.2, 0) is 11.2 Å². The maximum atomic E-state index is 11.9. The quantitative estimate of drug-likeness (QED) is 0.817. The van der Waals surface area contributed by atoms with Gasteiger partial charge in [0.25, 0.3) is 0 Å². The van der Waals surface area contributed by atoms with Gasteiger partial charge in [-0.3, -0.25) is 9.78 Å². The van der Waals surface area contributed by atoms with Crippen LogP contribution in [0, 0.1) is 5.41 Å². The van der Waals surface area contributed by atoms with Crippen molar-refractivity contribution in [2.24, 2.45) is 11.1 Å². The Morgan fingerprint density at radius 1 is 1.64 bits per heavy atom. The van der Waals surface area contributed by atoms with Crippen molar-refractivity contribution in [2.45, 2.75) is 25.7 Å². The molecule has 3 nitrogen and oxygen atoms in total. The van der Waals surface area contributed by atoms with E-state index in [1.54, 1.807) is 11.7 Å². The van der Waals surface area contributed by atoms with E-state index in [1.807, 2.05) is 0 Å². The van der Waals surface area contributed by atoms with Gasteiger partial charge in [-0.2, -0.15) is 0 Å². The molecule has 0 amide bonds. The zero-order valence-electron chi connectivity index (χ0n) is 8.03. The van der Waals surface area contributed by atoms with E-state index in [0.717, 1.165) is 24.1 Å². The molecule has 1 aliphatic carbocycles. The van der Waals surface area contributed by atoms with Gasteiger partial charge in [0.2, 0.25) is 0 Å². The lowest BCUT2D eigenvalue weighted by Crippen LogP contribution is -2.45. The highest BCUT2D eigenvalue weighted by molar-refractivity contribution is 7.09. The topological polar surface area (TPSA) is 56.0 Å². The molecule has 0 bridgehead atoms. The number of rotatable bonds is 4. The minimum atomic E-state index is -0.190. The van der Waals surface area contributed by atoms with Crippen LogP contribution in [0.4, 0.5) is 0 Å². The normalized spacial score (nSPS) is 18.9. The molecular formula is C10H14N2OS. The van der Waals surface area contributed by atoms with Crippen LogP contribution in [-0.4, -0.2) is 17.3 Å². The summed E-state index contributed by atoms with van der Waals surface area (Å²) in [7, 11) is 0. The molecule has 0 saturated heterocycles. The van der Waals surface area contributed by atoms with E-state index in [0.29, 0.717) is 18.7 Å². The van der Waals surface area contributed by atoms with Crippen molar-refractivity contribution in [1.29, 1.82) is 0 Å². The fourth-order valence-corrected chi connectivity index (χ4v) is 2.47. The van der Waals surface area contributed by atoms with Crippen molar-refractivity contribution in [2.75, 3.05) is 6.54 Å². The monoisotopic (exact) mass is 210 g/mol. The maximum absolute atomic E-state index is 11.9. The molecule has 1 heterocycles. The Balaban J connectivity index is 2.01. The number of ketones is 1. The second-order valence-electron chi connectivity index (χ2n) is 3.91. The molecule has 0 aromatic carbocycles. The molecule has 0 spiro atoms. The first-order valence-electron chi connectivity index (χ1n) is 4.88. The van der Waals surface area contributed by atoms with Gasteiger partial charge in [-0.25, -0.2) is 0 Å². The zero-order valence-corrected chi connectivity index (χ0v) is 8.85. The van der Waals surface area contributed by atoms with E-state index in [1.165, 1.54) is 11.3 Å². The summed E-state index contributed by atoms with van der Waals surface area (Å²) < 4.78 is 0. The molecule has 1 aliphatic rings. The van der Waals surface area contributed by atoms with Crippen LogP contribution in [0.1, 0.15) is 24.1 Å². The fourth-order valence-electron chi connectivity index (χ4n) is 1.88. The van der Waals surface area contributed by atoms with E-state index in [4.69, 9.17) is 5.73 Å². The molecule has 1 saturated carbocycles. The van der Waals surface area contributed by atoms with Crippen molar-refractivity contribution in [3.63, 3.8) is 0 Å². The molecule has 76 valence electrons. The fraction of sp³-hybridized carbons (Fsp3) is 0.600. The largest absolute Gasteiger partial charge is 0.329 e. The average molecular weight is 210 g/mol. The first-order chi connectivity index (χ1) is 6.77. The number of aromatic nitrogens is 1. The van der Waals surface area contributed by atoms with E-state index in [2.05, 4.69) is 4.98 Å². The van der Waals surface area contributed by atoms with Crippen LogP contribution in [0.5, 0.6) is 0 Å². The van der Waals surface area contributed by atoms with E-state index >= 15 is 0 Å². The molecular weight excluding hydrogens is 196 g/mol. The second-order valence-corrected chi connectivity index (χ2v) is 4.88. The third-order valence-corrected chi connectivity index (χ3v) is 3.89. The first-order valence-corrected chi connectivity index (χ1v) is 5.75. The van der Waals surface area contributed by atoms with Gasteiger partial charge in [0.15, 0.2) is 0 Å². The van der Waals surface area contributed by atoms with Crippen LogP contribution in [0.25, 0.3) is 0 Å². The van der Waals surface area contributed by atoms with Crippen LogP contribution in [0.2, 0.25) is 0 Å². The standard InChI is InChI=1S/C10H14N2OS/c11-6-10(2-1-3-10)9(13)4-8-5-12-7-14-8/h5,7H,1-4,6,11H2. The zero-order chi connectivity index (χ0) is 10.0. The highest BCUT2D eigenvalue weighted by Crippen LogP contribution is 2.41. The van der Waals surface area contributed by atoms with E-state index in [9.17, 15) is 4.79 Å². The minimum Gasteiger partial charge on any atom is -0.329 e. The maximum Gasteiger partial charge on any atom is 0.145 e. The molecule has 1 aromatic heterocycles. The van der Waals surface area contributed by atoms with Crippen molar-refractivity contribution in [3.8, 4) is 0 Å². The Labute approximate surface area is 87.3 Å². The van der Waals surface area contributed by atoms with Gasteiger partial charge in [-0.15, -0.1) is 11.3 Å². The Morgan fingerprint density at radius 2 is 2.43 bits per heavy atom. The highest BCUT2D eigenvalue weighted by atomic mass is 32.1. The summed E-state index contributed by atoms with van der Waals surface area (Å²) in [5.74, 6) is 0.301. The molecule has 4 heteroatoms. The van der Waals surface area contributed by atoms with E-state index in [-0.39, 0.29) is 5.41 Å². The Hall–Kier alpha value is -0.740. The van der Waals surface area contributed by atoms with Gasteiger partial charge in [0.05, 0.1) is 5.51 Å². The number of nitrogens with zero attached hydrogens (tertiary/aromatic N) is 1. The Morgan fingerprint density at radius 3 is 2.86 bits per heavy atom. The number of carbonyl (C=O) groups is 1. The minimum absolute atomic E-state index is 0.190. The number of thiazole rings is 1. The molecule has 2 N–H and O–H groups in total. The molecule has 0 unspecified atom stereocenters. The molecule has 2 rings (SSSR count). The number of hydrogen-bond donors (Lipinski definition) is 1. The molecule has 0 aliphatic heterocycles. The Bertz CT molecular complexity index is 311. The summed E-state index contributed by atoms with van der Waals surface area (Å²) in [5, 5.41) is 0. The molecule has 1 fully saturated rings. The van der Waals surface area contributed by atoms with Crippen LogP contribution in [0.3, 0.4) is 0 Å². The van der Waals surface area contributed by atoms with Crippen LogP contribution < -0.4 is 5.73 Å². The number of nitrogens with two attached hydrogens (primary N) is 1. The van der Waals surface area contributed by atoms with Gasteiger partial charge < -0.3 is 5.73 Å². The number of carbonyl (C=O) groups excluding carboxylic acids is 1. The number of Topliss-reactive ketones (excluding diaryl/α,β-unsaturated/α-hetero) is 1. The summed E-state index contributed by atoms with van der Waals surface area (Å²) in [5.41, 5.74) is 7.24.